The van der Waals surface area contributed by atoms with Gasteiger partial charge in [0.25, 0.3) is 0 Å². The van der Waals surface area contributed by atoms with Gasteiger partial charge in [0.05, 0.1) is 13.4 Å². The van der Waals surface area contributed by atoms with Gasteiger partial charge < -0.3 is 18.6 Å². The van der Waals surface area contributed by atoms with Crippen molar-refractivity contribution < 1.29 is 28.2 Å². The van der Waals surface area contributed by atoms with Gasteiger partial charge in [0.15, 0.2) is 6.10 Å². The molecule has 6 nitrogen and oxygen atoms in total. The lowest BCUT2D eigenvalue weighted by atomic mass is 10.1. The quantitative estimate of drug-likeness (QED) is 0.687. The van der Waals surface area contributed by atoms with Crippen molar-refractivity contribution in [1.29, 1.82) is 0 Å². The van der Waals surface area contributed by atoms with E-state index in [1.165, 1.54) is 13.4 Å². The van der Waals surface area contributed by atoms with Gasteiger partial charge in [-0.1, -0.05) is 13.8 Å². The highest BCUT2D eigenvalue weighted by atomic mass is 16.6. The van der Waals surface area contributed by atoms with Gasteiger partial charge in [-0.25, -0.2) is 9.59 Å². The molecule has 0 radical (unpaired) electrons. The molecule has 0 aliphatic carbocycles. The number of rotatable bonds is 8. The van der Waals surface area contributed by atoms with Gasteiger partial charge in [-0.15, -0.1) is 0 Å². The Morgan fingerprint density at radius 1 is 1.29 bits per heavy atom. The second kappa shape index (κ2) is 8.46. The van der Waals surface area contributed by atoms with Gasteiger partial charge in [0.1, 0.15) is 6.61 Å². The Labute approximate surface area is 124 Å². The van der Waals surface area contributed by atoms with E-state index in [0.29, 0.717) is 18.1 Å². The molecule has 118 valence electrons. The topological polar surface area (TPSA) is 75.0 Å². The zero-order valence-electron chi connectivity index (χ0n) is 12.9. The number of hydrogen-bond donors (Lipinski definition) is 0. The van der Waals surface area contributed by atoms with Crippen LogP contribution in [0.25, 0.3) is 0 Å². The molecule has 21 heavy (non-hydrogen) atoms. The molecule has 1 aromatic rings. The number of hydrogen-bond acceptors (Lipinski definition) is 6. The van der Waals surface area contributed by atoms with Gasteiger partial charge in [0, 0.05) is 12.2 Å². The summed E-state index contributed by atoms with van der Waals surface area (Å²) in [5.74, 6) is -0.525. The molecule has 0 saturated carbocycles. The third-order valence-corrected chi connectivity index (χ3v) is 2.88. The van der Waals surface area contributed by atoms with Crippen LogP contribution in [0.4, 0.5) is 0 Å². The Morgan fingerprint density at radius 3 is 2.62 bits per heavy atom. The molecule has 1 heterocycles. The van der Waals surface area contributed by atoms with Crippen LogP contribution in [-0.2, 0) is 25.6 Å². The highest BCUT2D eigenvalue weighted by Gasteiger charge is 2.19. The monoisotopic (exact) mass is 298 g/mol. The van der Waals surface area contributed by atoms with Gasteiger partial charge >= 0.3 is 11.9 Å². The van der Waals surface area contributed by atoms with Crippen molar-refractivity contribution in [2.75, 3.05) is 13.7 Å². The molecule has 6 heteroatoms. The lowest BCUT2D eigenvalue weighted by molar-refractivity contribution is -0.157. The van der Waals surface area contributed by atoms with Crippen molar-refractivity contribution in [3.05, 3.63) is 23.7 Å². The number of ether oxygens (including phenoxy) is 3. The maximum atomic E-state index is 11.8. The van der Waals surface area contributed by atoms with E-state index in [1.807, 2.05) is 0 Å². The zero-order chi connectivity index (χ0) is 15.8. The van der Waals surface area contributed by atoms with Crippen molar-refractivity contribution in [2.24, 2.45) is 5.92 Å². The minimum Gasteiger partial charge on any atom is -0.463 e. The smallest absolute Gasteiger partial charge is 0.374 e. The minimum absolute atomic E-state index is 0.0404. The highest BCUT2D eigenvalue weighted by Crippen LogP contribution is 2.13. The number of esters is 2. The van der Waals surface area contributed by atoms with Crippen LogP contribution >= 0.6 is 0 Å². The fourth-order valence-corrected chi connectivity index (χ4v) is 1.54. The van der Waals surface area contributed by atoms with Crippen LogP contribution in [0, 0.1) is 5.92 Å². The molecule has 0 aliphatic heterocycles. The van der Waals surface area contributed by atoms with E-state index in [0.717, 1.165) is 6.42 Å². The van der Waals surface area contributed by atoms with E-state index < -0.39 is 18.0 Å². The van der Waals surface area contributed by atoms with E-state index in [-0.39, 0.29) is 12.4 Å². The first kappa shape index (κ1) is 17.2. The van der Waals surface area contributed by atoms with Crippen LogP contribution in [0.1, 0.15) is 43.3 Å². The fourth-order valence-electron chi connectivity index (χ4n) is 1.54. The average molecular weight is 298 g/mol. The molecule has 0 bridgehead atoms. The summed E-state index contributed by atoms with van der Waals surface area (Å²) in [6, 6.07) is 1.56. The predicted octanol–water partition coefficient (Wildman–Crippen LogP) is 2.56. The lowest BCUT2D eigenvalue weighted by Gasteiger charge is -2.13. The molecule has 1 unspecified atom stereocenters. The van der Waals surface area contributed by atoms with E-state index in [1.54, 1.807) is 13.0 Å². The van der Waals surface area contributed by atoms with Crippen LogP contribution in [0.3, 0.4) is 0 Å². The molecule has 0 fully saturated rings. The Balaban J connectivity index is 2.42. The number of carbonyl (C=O) groups excluding carboxylic acids is 2. The van der Waals surface area contributed by atoms with Crippen LogP contribution in [-0.4, -0.2) is 31.8 Å². The first-order chi connectivity index (χ1) is 9.95. The third kappa shape index (κ3) is 5.59. The van der Waals surface area contributed by atoms with Crippen LogP contribution < -0.4 is 0 Å². The summed E-state index contributed by atoms with van der Waals surface area (Å²) >= 11 is 0. The van der Waals surface area contributed by atoms with Gasteiger partial charge in [-0.3, -0.25) is 0 Å². The molecule has 0 amide bonds. The van der Waals surface area contributed by atoms with Crippen LogP contribution in [0.2, 0.25) is 0 Å². The van der Waals surface area contributed by atoms with Crippen molar-refractivity contribution in [3.8, 4) is 0 Å². The average Bonchev–Trinajstić information content (AvgIpc) is 2.91. The molecular weight excluding hydrogens is 276 g/mol. The molecule has 1 atom stereocenters. The fraction of sp³-hybridized carbons (Fsp3) is 0.600. The maximum Gasteiger partial charge on any atom is 0.374 e. The Bertz CT molecular complexity index is 462. The molecule has 0 spiro atoms. The van der Waals surface area contributed by atoms with Crippen LogP contribution in [0.15, 0.2) is 16.7 Å². The molecule has 1 aromatic heterocycles. The second-order valence-corrected chi connectivity index (χ2v) is 5.07. The van der Waals surface area contributed by atoms with Gasteiger partial charge in [-0.05, 0) is 25.3 Å². The molecule has 0 saturated heterocycles. The number of methoxy groups -OCH3 is 1. The summed E-state index contributed by atoms with van der Waals surface area (Å²) in [5.41, 5.74) is 0.463. The summed E-state index contributed by atoms with van der Waals surface area (Å²) in [5, 5.41) is 0. The highest BCUT2D eigenvalue weighted by molar-refractivity contribution is 5.87. The normalized spacial score (nSPS) is 12.2. The second-order valence-electron chi connectivity index (χ2n) is 5.07. The maximum absolute atomic E-state index is 11.8. The number of furan rings is 1. The predicted molar refractivity (Wildman–Crippen MR) is 74.7 cm³/mol. The van der Waals surface area contributed by atoms with Gasteiger partial charge in [-0.2, -0.15) is 0 Å². The molecule has 0 N–H and O–H groups in total. The summed E-state index contributed by atoms with van der Waals surface area (Å²) in [4.78, 5) is 23.2. The summed E-state index contributed by atoms with van der Waals surface area (Å²) < 4.78 is 20.1. The summed E-state index contributed by atoms with van der Waals surface area (Å²) in [6.07, 6.45) is 1.58. The Kier molecular flexibility index (Phi) is 6.94. The molecule has 1 rings (SSSR count). The largest absolute Gasteiger partial charge is 0.463 e. The van der Waals surface area contributed by atoms with Crippen LogP contribution in [0.5, 0.6) is 0 Å². The van der Waals surface area contributed by atoms with Crippen molar-refractivity contribution >= 4 is 11.9 Å². The Hall–Kier alpha value is -1.82. The van der Waals surface area contributed by atoms with Gasteiger partial charge in [0.2, 0.25) is 5.76 Å². The Morgan fingerprint density at radius 2 is 2.00 bits per heavy atom. The summed E-state index contributed by atoms with van der Waals surface area (Å²) in [6.45, 7) is 6.25. The minimum atomic E-state index is -0.641. The van der Waals surface area contributed by atoms with E-state index in [2.05, 4.69) is 18.6 Å². The van der Waals surface area contributed by atoms with Crippen molar-refractivity contribution in [2.45, 2.75) is 39.9 Å². The first-order valence-corrected chi connectivity index (χ1v) is 6.88. The van der Waals surface area contributed by atoms with E-state index in [9.17, 15) is 9.59 Å². The lowest BCUT2D eigenvalue weighted by Crippen LogP contribution is -2.24. The SMILES string of the molecule is COC(=O)c1occc1COC(=O)C(C)OCCC(C)C. The molecule has 0 aliphatic rings. The van der Waals surface area contributed by atoms with E-state index >= 15 is 0 Å². The zero-order valence-corrected chi connectivity index (χ0v) is 12.9. The van der Waals surface area contributed by atoms with Crippen molar-refractivity contribution in [3.63, 3.8) is 0 Å². The first-order valence-electron chi connectivity index (χ1n) is 6.88. The standard InChI is InChI=1S/C15H22O6/c1-10(2)5-7-19-11(3)14(16)21-9-12-6-8-20-13(12)15(17)18-4/h6,8,10-11H,5,7,9H2,1-4H3. The summed E-state index contributed by atoms with van der Waals surface area (Å²) in [7, 11) is 1.26. The van der Waals surface area contributed by atoms with Crippen molar-refractivity contribution in [1.82, 2.24) is 0 Å². The molecular formula is C15H22O6. The number of carbonyl (C=O) groups is 2. The molecule has 0 aromatic carbocycles. The third-order valence-electron chi connectivity index (χ3n) is 2.88. The van der Waals surface area contributed by atoms with E-state index in [4.69, 9.17) is 13.9 Å².